The molecule has 0 aromatic carbocycles. The maximum atomic E-state index is 12.1. The van der Waals surface area contributed by atoms with Crippen LogP contribution in [0.2, 0.25) is 0 Å². The number of carbonyl (C=O) groups is 1. The van der Waals surface area contributed by atoms with Crippen LogP contribution in [-0.4, -0.2) is 46.2 Å². The average molecular weight is 314 g/mol. The zero-order valence-corrected chi connectivity index (χ0v) is 13.0. The number of ether oxygens (including phenoxy) is 1. The molecule has 1 fully saturated rings. The van der Waals surface area contributed by atoms with Crippen LogP contribution in [0.25, 0.3) is 0 Å². The number of aromatic nitrogens is 3. The van der Waals surface area contributed by atoms with Crippen molar-refractivity contribution in [1.29, 1.82) is 0 Å². The van der Waals surface area contributed by atoms with Gasteiger partial charge in [0.05, 0.1) is 7.11 Å². The summed E-state index contributed by atoms with van der Waals surface area (Å²) in [5.41, 5.74) is -2.40. The van der Waals surface area contributed by atoms with Crippen molar-refractivity contribution in [2.45, 2.75) is 23.5 Å². The van der Waals surface area contributed by atoms with E-state index in [-0.39, 0.29) is 11.9 Å². The summed E-state index contributed by atoms with van der Waals surface area (Å²) in [5, 5.41) is 5.79. The van der Waals surface area contributed by atoms with Gasteiger partial charge in [-0.25, -0.2) is 0 Å². The van der Waals surface area contributed by atoms with Crippen LogP contribution >= 0.6 is 11.8 Å². The Balaban J connectivity index is 2.23. The zero-order valence-electron chi connectivity index (χ0n) is 12.1. The number of aryl methyl sites for hydroxylation is 1. The first-order valence-corrected chi connectivity index (χ1v) is 7.50. The molecule has 8 nitrogen and oxygen atoms in total. The van der Waals surface area contributed by atoms with E-state index in [1.807, 2.05) is 0 Å². The number of carbonyl (C=O) groups excluding carboxylic acids is 1. The van der Waals surface area contributed by atoms with E-state index in [9.17, 15) is 14.4 Å². The molecule has 9 heteroatoms. The van der Waals surface area contributed by atoms with Gasteiger partial charge in [-0.3, -0.25) is 24.2 Å². The number of likely N-dealkylation sites (N-methyl/N-ethyl adjacent to an activating group) is 1. The molecule has 1 unspecified atom stereocenters. The van der Waals surface area contributed by atoms with E-state index in [1.165, 1.54) is 23.6 Å². The van der Waals surface area contributed by atoms with Gasteiger partial charge in [0.2, 0.25) is 0 Å². The molecule has 0 saturated heterocycles. The van der Waals surface area contributed by atoms with Crippen LogP contribution in [0.15, 0.2) is 14.7 Å². The molecule has 1 aliphatic rings. The number of hydrogen-bond acceptors (Lipinski definition) is 7. The summed E-state index contributed by atoms with van der Waals surface area (Å²) in [5.74, 6) is 0.254. The van der Waals surface area contributed by atoms with E-state index >= 15 is 0 Å². The lowest BCUT2D eigenvalue weighted by atomic mass is 9.96. The number of thioether (sulfide) groups is 1. The lowest BCUT2D eigenvalue weighted by Gasteiger charge is -2.30. The van der Waals surface area contributed by atoms with E-state index in [0.29, 0.717) is 10.9 Å². The Kier molecular flexibility index (Phi) is 4.52. The molecule has 1 aromatic heterocycles. The van der Waals surface area contributed by atoms with E-state index in [1.54, 1.807) is 14.1 Å². The van der Waals surface area contributed by atoms with Crippen LogP contribution in [0.4, 0.5) is 0 Å². The highest BCUT2D eigenvalue weighted by atomic mass is 32.2. The van der Waals surface area contributed by atoms with Gasteiger partial charge >= 0.3 is 17.1 Å². The second-order valence-corrected chi connectivity index (χ2v) is 5.92. The van der Waals surface area contributed by atoms with E-state index in [4.69, 9.17) is 4.74 Å². The highest BCUT2D eigenvalue weighted by Gasteiger charge is 2.51. The van der Waals surface area contributed by atoms with Gasteiger partial charge in [0.15, 0.2) is 5.16 Å². The van der Waals surface area contributed by atoms with Crippen molar-refractivity contribution >= 4 is 17.7 Å². The fraction of sp³-hybridized carbons (Fsp3) is 0.667. The summed E-state index contributed by atoms with van der Waals surface area (Å²) in [4.78, 5) is 38.4. The minimum atomic E-state index is -0.838. The third-order valence-electron chi connectivity index (χ3n) is 3.65. The summed E-state index contributed by atoms with van der Waals surface area (Å²) in [6.07, 6.45) is 1.91. The van der Waals surface area contributed by atoms with Crippen LogP contribution in [0.1, 0.15) is 12.8 Å². The molecule has 0 spiro atoms. The smallest absolute Gasteiger partial charge is 0.339 e. The second kappa shape index (κ2) is 6.02. The molecular formula is C12H18N4O4S. The van der Waals surface area contributed by atoms with Crippen molar-refractivity contribution in [3.05, 3.63) is 20.7 Å². The highest BCUT2D eigenvalue weighted by molar-refractivity contribution is 7.99. The maximum absolute atomic E-state index is 12.1. The quantitative estimate of drug-likeness (QED) is 0.398. The molecule has 2 rings (SSSR count). The molecule has 1 aliphatic carbocycles. The van der Waals surface area contributed by atoms with Crippen LogP contribution < -0.4 is 16.4 Å². The van der Waals surface area contributed by atoms with Crippen LogP contribution in [0.5, 0.6) is 0 Å². The Morgan fingerprint density at radius 2 is 2.24 bits per heavy atom. The Morgan fingerprint density at radius 1 is 1.57 bits per heavy atom. The summed E-state index contributed by atoms with van der Waals surface area (Å²) < 4.78 is 6.28. The van der Waals surface area contributed by atoms with E-state index in [2.05, 4.69) is 15.4 Å². The van der Waals surface area contributed by atoms with Crippen molar-refractivity contribution in [2.24, 2.45) is 13.0 Å². The number of methoxy groups -OCH3 is 1. The van der Waals surface area contributed by atoms with Crippen LogP contribution in [-0.2, 0) is 16.6 Å². The first-order valence-electron chi connectivity index (χ1n) is 6.52. The molecule has 2 N–H and O–H groups in total. The lowest BCUT2D eigenvalue weighted by molar-refractivity contribution is -0.148. The fourth-order valence-electron chi connectivity index (χ4n) is 2.25. The lowest BCUT2D eigenvalue weighted by Crippen LogP contribution is -2.55. The number of rotatable bonds is 6. The van der Waals surface area contributed by atoms with Gasteiger partial charge in [0.25, 0.3) is 0 Å². The molecular weight excluding hydrogens is 296 g/mol. The molecule has 0 aliphatic heterocycles. The third-order valence-corrected chi connectivity index (χ3v) is 4.87. The van der Waals surface area contributed by atoms with Crippen molar-refractivity contribution in [3.8, 4) is 0 Å². The van der Waals surface area contributed by atoms with Gasteiger partial charge in [0, 0.05) is 12.8 Å². The monoisotopic (exact) mass is 314 g/mol. The Bertz CT molecular complexity index is 651. The number of nitrogens with zero attached hydrogens (tertiary/aromatic N) is 2. The average Bonchev–Trinajstić information content (AvgIpc) is 3.29. The number of H-pyrrole nitrogens is 1. The molecule has 0 radical (unpaired) electrons. The summed E-state index contributed by atoms with van der Waals surface area (Å²) in [6.45, 7) is 0. The van der Waals surface area contributed by atoms with Gasteiger partial charge in [-0.15, -0.1) is 0 Å². The predicted octanol–water partition coefficient (Wildman–Crippen LogP) is -0.898. The third kappa shape index (κ3) is 3.03. The number of nitrogens with one attached hydrogen (secondary N) is 2. The van der Waals surface area contributed by atoms with Gasteiger partial charge in [-0.2, -0.15) is 4.98 Å². The topological polar surface area (TPSA) is 106 Å². The Labute approximate surface area is 125 Å². The van der Waals surface area contributed by atoms with Gasteiger partial charge in [0.1, 0.15) is 5.54 Å². The van der Waals surface area contributed by atoms with Crippen LogP contribution in [0, 0.1) is 5.92 Å². The summed E-state index contributed by atoms with van der Waals surface area (Å²) in [7, 11) is 4.66. The Hall–Kier alpha value is -1.61. The van der Waals surface area contributed by atoms with Gasteiger partial charge in [-0.1, -0.05) is 11.8 Å². The minimum Gasteiger partial charge on any atom is -0.468 e. The molecule has 21 heavy (non-hydrogen) atoms. The van der Waals surface area contributed by atoms with Crippen molar-refractivity contribution in [2.75, 3.05) is 19.9 Å². The molecule has 1 aromatic rings. The Morgan fingerprint density at radius 3 is 2.76 bits per heavy atom. The van der Waals surface area contributed by atoms with Crippen LogP contribution in [0.3, 0.4) is 0 Å². The molecule has 0 amide bonds. The fourth-order valence-corrected chi connectivity index (χ4v) is 3.49. The normalized spacial score (nSPS) is 17.3. The maximum Gasteiger partial charge on any atom is 0.339 e. The first kappa shape index (κ1) is 15.8. The number of aromatic amines is 1. The van der Waals surface area contributed by atoms with Crippen molar-refractivity contribution in [3.63, 3.8) is 0 Å². The zero-order chi connectivity index (χ0) is 15.6. The van der Waals surface area contributed by atoms with E-state index in [0.717, 1.165) is 12.8 Å². The summed E-state index contributed by atoms with van der Waals surface area (Å²) in [6, 6.07) is 0. The first-order chi connectivity index (χ1) is 9.94. The highest BCUT2D eigenvalue weighted by Crippen LogP contribution is 2.42. The predicted molar refractivity (Wildman–Crippen MR) is 77.4 cm³/mol. The van der Waals surface area contributed by atoms with E-state index < -0.39 is 16.7 Å². The SMILES string of the molecule is CNC(CSc1nc(=O)c(=O)[nH]n1C)(C(=O)OC)C1CC1. The molecule has 116 valence electrons. The largest absolute Gasteiger partial charge is 0.468 e. The van der Waals surface area contributed by atoms with Crippen molar-refractivity contribution < 1.29 is 9.53 Å². The molecule has 1 saturated carbocycles. The number of hydrogen-bond donors (Lipinski definition) is 2. The van der Waals surface area contributed by atoms with Gasteiger partial charge < -0.3 is 10.1 Å². The molecule has 0 bridgehead atoms. The molecule has 1 heterocycles. The molecule has 1 atom stereocenters. The minimum absolute atomic E-state index is 0.210. The standard InChI is InChI=1S/C12H18N4O4S/c1-13-12(7-4-5-7,10(19)20-3)6-21-11-14-8(17)9(18)15-16(11)2/h7,13H,4-6H2,1-3H3,(H,15,18). The second-order valence-electron chi connectivity index (χ2n) is 4.98. The van der Waals surface area contributed by atoms with Gasteiger partial charge in [-0.05, 0) is 25.8 Å². The number of esters is 1. The summed E-state index contributed by atoms with van der Waals surface area (Å²) >= 11 is 1.23. The van der Waals surface area contributed by atoms with Crippen molar-refractivity contribution in [1.82, 2.24) is 20.1 Å².